The smallest absolute Gasteiger partial charge is 0.0598 e. The molecule has 0 bridgehead atoms. The van der Waals surface area contributed by atoms with E-state index in [1.54, 1.807) is 0 Å². The van der Waals surface area contributed by atoms with Gasteiger partial charge in [-0.25, -0.2) is 0 Å². The molecule has 1 heteroatoms. The summed E-state index contributed by atoms with van der Waals surface area (Å²) >= 11 is 0. The summed E-state index contributed by atoms with van der Waals surface area (Å²) in [4.78, 5) is 0. The predicted molar refractivity (Wildman–Crippen MR) is 52.3 cm³/mol. The first kappa shape index (κ1) is 10.0. The Morgan fingerprint density at radius 3 is 2.08 bits per heavy atom. The second-order valence-corrected chi connectivity index (χ2v) is 5.42. The molecule has 1 nitrogen and oxygen atoms in total. The molecule has 0 atom stereocenters. The standard InChI is InChI=1S/C11H22O/c1-10(2,3)12-9-11(4)7-5-6-8-11/h5-9H2,1-4H3. The highest BCUT2D eigenvalue weighted by atomic mass is 16.5. The molecular weight excluding hydrogens is 148 g/mol. The fourth-order valence-electron chi connectivity index (χ4n) is 1.76. The van der Waals surface area contributed by atoms with Crippen LogP contribution in [0.1, 0.15) is 53.4 Å². The predicted octanol–water partition coefficient (Wildman–Crippen LogP) is 3.38. The third kappa shape index (κ3) is 3.14. The van der Waals surface area contributed by atoms with Crippen LogP contribution in [0.25, 0.3) is 0 Å². The highest BCUT2D eigenvalue weighted by Gasteiger charge is 2.30. The zero-order valence-electron chi connectivity index (χ0n) is 8.94. The van der Waals surface area contributed by atoms with E-state index in [1.165, 1.54) is 25.7 Å². The molecule has 0 aliphatic heterocycles. The van der Waals surface area contributed by atoms with Gasteiger partial charge in [0.05, 0.1) is 12.2 Å². The Labute approximate surface area is 76.5 Å². The molecule has 0 amide bonds. The van der Waals surface area contributed by atoms with E-state index in [1.807, 2.05) is 0 Å². The van der Waals surface area contributed by atoms with Crippen molar-refractivity contribution in [2.45, 2.75) is 59.0 Å². The van der Waals surface area contributed by atoms with E-state index in [9.17, 15) is 0 Å². The van der Waals surface area contributed by atoms with Crippen molar-refractivity contribution in [3.63, 3.8) is 0 Å². The molecule has 0 saturated heterocycles. The van der Waals surface area contributed by atoms with Crippen LogP contribution in [0, 0.1) is 5.41 Å². The van der Waals surface area contributed by atoms with Crippen molar-refractivity contribution >= 4 is 0 Å². The van der Waals surface area contributed by atoms with E-state index in [0.29, 0.717) is 5.41 Å². The van der Waals surface area contributed by atoms with Gasteiger partial charge in [-0.3, -0.25) is 0 Å². The minimum atomic E-state index is 0.0333. The van der Waals surface area contributed by atoms with E-state index >= 15 is 0 Å². The lowest BCUT2D eigenvalue weighted by Crippen LogP contribution is -2.28. The van der Waals surface area contributed by atoms with Crippen LogP contribution < -0.4 is 0 Å². The molecule has 1 saturated carbocycles. The van der Waals surface area contributed by atoms with Crippen molar-refractivity contribution in [1.82, 2.24) is 0 Å². The molecule has 0 N–H and O–H groups in total. The van der Waals surface area contributed by atoms with Crippen LogP contribution >= 0.6 is 0 Å². The van der Waals surface area contributed by atoms with Gasteiger partial charge in [0.25, 0.3) is 0 Å². The second kappa shape index (κ2) is 3.37. The zero-order chi connectivity index (χ0) is 9.24. The molecule has 1 aliphatic carbocycles. The van der Waals surface area contributed by atoms with E-state index in [-0.39, 0.29) is 5.60 Å². The molecule has 1 fully saturated rings. The third-order valence-electron chi connectivity index (χ3n) is 2.66. The average Bonchev–Trinajstić information content (AvgIpc) is 2.32. The van der Waals surface area contributed by atoms with Gasteiger partial charge in [-0.1, -0.05) is 19.8 Å². The average molecular weight is 170 g/mol. The van der Waals surface area contributed by atoms with Crippen LogP contribution in [0.2, 0.25) is 0 Å². The van der Waals surface area contributed by atoms with Gasteiger partial charge in [0.15, 0.2) is 0 Å². The molecule has 0 heterocycles. The van der Waals surface area contributed by atoms with Gasteiger partial charge < -0.3 is 4.74 Å². The van der Waals surface area contributed by atoms with Gasteiger partial charge in [-0.15, -0.1) is 0 Å². The van der Waals surface area contributed by atoms with Crippen molar-refractivity contribution in [2.24, 2.45) is 5.41 Å². The topological polar surface area (TPSA) is 9.23 Å². The molecule has 72 valence electrons. The maximum atomic E-state index is 5.82. The van der Waals surface area contributed by atoms with Gasteiger partial charge in [0, 0.05) is 0 Å². The highest BCUT2D eigenvalue weighted by Crippen LogP contribution is 2.38. The number of ether oxygens (including phenoxy) is 1. The summed E-state index contributed by atoms with van der Waals surface area (Å²) < 4.78 is 5.82. The van der Waals surface area contributed by atoms with Crippen molar-refractivity contribution in [1.29, 1.82) is 0 Å². The molecule has 0 aromatic heterocycles. The first-order valence-corrected chi connectivity index (χ1v) is 5.05. The number of hydrogen-bond acceptors (Lipinski definition) is 1. The molecule has 12 heavy (non-hydrogen) atoms. The Morgan fingerprint density at radius 1 is 1.17 bits per heavy atom. The SMILES string of the molecule is CC1(COC(C)(C)C)CCCC1. The molecular formula is C11H22O. The fourth-order valence-corrected chi connectivity index (χ4v) is 1.76. The number of rotatable bonds is 2. The Morgan fingerprint density at radius 2 is 1.67 bits per heavy atom. The van der Waals surface area contributed by atoms with Gasteiger partial charge in [-0.05, 0) is 39.0 Å². The molecule has 0 spiro atoms. The molecule has 0 aromatic carbocycles. The molecule has 1 rings (SSSR count). The quantitative estimate of drug-likeness (QED) is 0.617. The molecule has 1 aliphatic rings. The van der Waals surface area contributed by atoms with Gasteiger partial charge in [0.2, 0.25) is 0 Å². The first-order chi connectivity index (χ1) is 5.41. The van der Waals surface area contributed by atoms with E-state index in [4.69, 9.17) is 4.74 Å². The lowest BCUT2D eigenvalue weighted by Gasteiger charge is -2.29. The molecule has 0 radical (unpaired) electrons. The van der Waals surface area contributed by atoms with Crippen LogP contribution in [-0.4, -0.2) is 12.2 Å². The largest absolute Gasteiger partial charge is 0.375 e. The summed E-state index contributed by atoms with van der Waals surface area (Å²) in [6.07, 6.45) is 5.49. The fraction of sp³-hybridized carbons (Fsp3) is 1.00. The highest BCUT2D eigenvalue weighted by molar-refractivity contribution is 4.80. The van der Waals surface area contributed by atoms with Crippen molar-refractivity contribution in [3.05, 3.63) is 0 Å². The lowest BCUT2D eigenvalue weighted by molar-refractivity contribution is -0.0458. The number of hydrogen-bond donors (Lipinski definition) is 0. The summed E-state index contributed by atoms with van der Waals surface area (Å²) in [6.45, 7) is 9.68. The summed E-state index contributed by atoms with van der Waals surface area (Å²) in [5.74, 6) is 0. The van der Waals surface area contributed by atoms with Gasteiger partial charge in [0.1, 0.15) is 0 Å². The van der Waals surface area contributed by atoms with Gasteiger partial charge in [-0.2, -0.15) is 0 Å². The van der Waals surface area contributed by atoms with Crippen LogP contribution in [-0.2, 0) is 4.74 Å². The van der Waals surface area contributed by atoms with E-state index in [2.05, 4.69) is 27.7 Å². The Hall–Kier alpha value is -0.0400. The summed E-state index contributed by atoms with van der Waals surface area (Å²) in [6, 6.07) is 0. The van der Waals surface area contributed by atoms with Crippen molar-refractivity contribution < 1.29 is 4.74 Å². The maximum absolute atomic E-state index is 5.82. The van der Waals surface area contributed by atoms with Crippen molar-refractivity contribution in [3.8, 4) is 0 Å². The summed E-state index contributed by atoms with van der Waals surface area (Å²) in [5.41, 5.74) is 0.513. The van der Waals surface area contributed by atoms with Crippen LogP contribution in [0.15, 0.2) is 0 Å². The van der Waals surface area contributed by atoms with E-state index < -0.39 is 0 Å². The lowest BCUT2D eigenvalue weighted by atomic mass is 9.90. The maximum Gasteiger partial charge on any atom is 0.0598 e. The Kier molecular flexibility index (Phi) is 2.82. The summed E-state index contributed by atoms with van der Waals surface area (Å²) in [5, 5.41) is 0. The van der Waals surface area contributed by atoms with Crippen LogP contribution in [0.3, 0.4) is 0 Å². The van der Waals surface area contributed by atoms with E-state index in [0.717, 1.165) is 6.61 Å². The van der Waals surface area contributed by atoms with Crippen LogP contribution in [0.4, 0.5) is 0 Å². The van der Waals surface area contributed by atoms with Crippen LogP contribution in [0.5, 0.6) is 0 Å². The first-order valence-electron chi connectivity index (χ1n) is 5.05. The Bertz CT molecular complexity index is 138. The second-order valence-electron chi connectivity index (χ2n) is 5.42. The molecule has 0 aromatic rings. The summed E-state index contributed by atoms with van der Waals surface area (Å²) in [7, 11) is 0. The normalized spacial score (nSPS) is 23.0. The minimum absolute atomic E-state index is 0.0333. The minimum Gasteiger partial charge on any atom is -0.375 e. The van der Waals surface area contributed by atoms with Gasteiger partial charge >= 0.3 is 0 Å². The third-order valence-corrected chi connectivity index (χ3v) is 2.66. The van der Waals surface area contributed by atoms with Crippen molar-refractivity contribution in [2.75, 3.05) is 6.61 Å². The monoisotopic (exact) mass is 170 g/mol. The molecule has 0 unspecified atom stereocenters. The zero-order valence-corrected chi connectivity index (χ0v) is 8.94. The Balaban J connectivity index is 2.30.